The van der Waals surface area contributed by atoms with E-state index in [0.717, 1.165) is 55.8 Å². The van der Waals surface area contributed by atoms with Gasteiger partial charge in [-0.25, -0.2) is 0 Å². The van der Waals surface area contributed by atoms with E-state index in [9.17, 15) is 10.2 Å². The molecule has 1 fully saturated rings. The van der Waals surface area contributed by atoms with Gasteiger partial charge in [-0.3, -0.25) is 0 Å². The van der Waals surface area contributed by atoms with Crippen molar-refractivity contribution in [2.45, 2.75) is 37.9 Å². The molecule has 0 spiro atoms. The Morgan fingerprint density at radius 2 is 1.81 bits per heavy atom. The van der Waals surface area contributed by atoms with Crippen LogP contribution in [0.25, 0.3) is 0 Å². The number of benzene rings is 2. The molecule has 0 aliphatic carbocycles. The van der Waals surface area contributed by atoms with E-state index in [1.54, 1.807) is 7.11 Å². The highest BCUT2D eigenvalue weighted by molar-refractivity contribution is 5.85. The predicted octanol–water partition coefficient (Wildman–Crippen LogP) is 3.42. The summed E-state index contributed by atoms with van der Waals surface area (Å²) in [7, 11) is 1.69. The van der Waals surface area contributed by atoms with Crippen LogP contribution < -0.4 is 10.5 Å². The highest BCUT2D eigenvalue weighted by Crippen LogP contribution is 2.42. The molecule has 2 aliphatic heterocycles. The predicted molar refractivity (Wildman–Crippen MR) is 123 cm³/mol. The quantitative estimate of drug-likeness (QED) is 0.587. The molecule has 2 atom stereocenters. The summed E-state index contributed by atoms with van der Waals surface area (Å²) in [6.07, 6.45) is 3.60. The number of fused-ring (bicyclic) bond motifs is 1. The number of hydrogen-bond donors (Lipinski definition) is 3. The minimum Gasteiger partial charge on any atom is -0.504 e. The third-order valence-electron chi connectivity index (χ3n) is 6.64. The highest BCUT2D eigenvalue weighted by Gasteiger charge is 2.35. The fourth-order valence-corrected chi connectivity index (χ4v) is 4.78. The summed E-state index contributed by atoms with van der Waals surface area (Å²) in [5.41, 5.74) is 8.97. The first-order valence-electron chi connectivity index (χ1n) is 10.8. The summed E-state index contributed by atoms with van der Waals surface area (Å²) < 4.78 is 11.6. The lowest BCUT2D eigenvalue weighted by atomic mass is 9.83. The van der Waals surface area contributed by atoms with E-state index in [0.29, 0.717) is 18.9 Å². The van der Waals surface area contributed by atoms with Gasteiger partial charge in [0.15, 0.2) is 11.5 Å². The molecule has 0 aromatic heterocycles. The second-order valence-corrected chi connectivity index (χ2v) is 8.38. The van der Waals surface area contributed by atoms with Crippen molar-refractivity contribution in [2.75, 3.05) is 33.3 Å². The first kappa shape index (κ1) is 23.7. The van der Waals surface area contributed by atoms with Crippen molar-refractivity contribution < 1.29 is 19.7 Å². The molecule has 0 saturated carbocycles. The van der Waals surface area contributed by atoms with Crippen molar-refractivity contribution in [3.05, 3.63) is 53.1 Å². The zero-order valence-corrected chi connectivity index (χ0v) is 18.8. The van der Waals surface area contributed by atoms with E-state index in [1.807, 2.05) is 18.2 Å². The van der Waals surface area contributed by atoms with Crippen LogP contribution in [-0.4, -0.2) is 54.5 Å². The van der Waals surface area contributed by atoms with Crippen molar-refractivity contribution in [1.29, 1.82) is 0 Å². The van der Waals surface area contributed by atoms with E-state index in [1.165, 1.54) is 11.6 Å². The SMILES string of the molecule is COc1ccc(CCN2CCC(C3Cc4c(ccc(O)c4O)C(CN)O3)CC2)cc1.Cl. The Labute approximate surface area is 190 Å². The molecule has 170 valence electrons. The number of aromatic hydroxyl groups is 2. The van der Waals surface area contributed by atoms with E-state index in [-0.39, 0.29) is 36.1 Å². The number of phenols is 2. The molecule has 6 nitrogen and oxygen atoms in total. The highest BCUT2D eigenvalue weighted by atomic mass is 35.5. The largest absolute Gasteiger partial charge is 0.504 e. The molecule has 31 heavy (non-hydrogen) atoms. The van der Waals surface area contributed by atoms with Gasteiger partial charge in [-0.1, -0.05) is 18.2 Å². The van der Waals surface area contributed by atoms with Crippen LogP contribution in [0.15, 0.2) is 36.4 Å². The Morgan fingerprint density at radius 1 is 1.10 bits per heavy atom. The molecule has 2 aliphatic rings. The monoisotopic (exact) mass is 448 g/mol. The summed E-state index contributed by atoms with van der Waals surface area (Å²) in [5.74, 6) is 1.24. The average Bonchev–Trinajstić information content (AvgIpc) is 2.80. The molecule has 2 aromatic rings. The van der Waals surface area contributed by atoms with E-state index >= 15 is 0 Å². The van der Waals surface area contributed by atoms with Crippen molar-refractivity contribution in [1.82, 2.24) is 4.90 Å². The molecule has 2 aromatic carbocycles. The van der Waals surface area contributed by atoms with Crippen LogP contribution >= 0.6 is 12.4 Å². The third-order valence-corrected chi connectivity index (χ3v) is 6.64. The van der Waals surface area contributed by atoms with Crippen LogP contribution in [0.4, 0.5) is 0 Å². The first-order chi connectivity index (χ1) is 14.6. The summed E-state index contributed by atoms with van der Waals surface area (Å²) in [6, 6.07) is 11.6. The topological polar surface area (TPSA) is 88.2 Å². The number of nitrogens with zero attached hydrogens (tertiary/aromatic N) is 1. The number of likely N-dealkylation sites (tertiary alicyclic amines) is 1. The fourth-order valence-electron chi connectivity index (χ4n) is 4.78. The summed E-state index contributed by atoms with van der Waals surface area (Å²) in [5, 5.41) is 20.3. The smallest absolute Gasteiger partial charge is 0.161 e. The molecule has 0 radical (unpaired) electrons. The minimum absolute atomic E-state index is 0. The zero-order valence-electron chi connectivity index (χ0n) is 18.0. The van der Waals surface area contributed by atoms with Crippen LogP contribution in [0.3, 0.4) is 0 Å². The number of methoxy groups -OCH3 is 1. The number of rotatable bonds is 6. The summed E-state index contributed by atoms with van der Waals surface area (Å²) in [6.45, 7) is 3.52. The lowest BCUT2D eigenvalue weighted by molar-refractivity contribution is -0.0646. The van der Waals surface area contributed by atoms with Crippen molar-refractivity contribution in [3.63, 3.8) is 0 Å². The van der Waals surface area contributed by atoms with Gasteiger partial charge in [0.2, 0.25) is 0 Å². The van der Waals surface area contributed by atoms with Gasteiger partial charge in [-0.05, 0) is 67.6 Å². The van der Waals surface area contributed by atoms with Gasteiger partial charge in [0, 0.05) is 25.1 Å². The Kier molecular flexibility index (Phi) is 8.06. The van der Waals surface area contributed by atoms with Gasteiger partial charge in [-0.15, -0.1) is 12.4 Å². The second kappa shape index (κ2) is 10.6. The van der Waals surface area contributed by atoms with Gasteiger partial charge in [0.05, 0.1) is 19.3 Å². The Morgan fingerprint density at radius 3 is 2.45 bits per heavy atom. The van der Waals surface area contributed by atoms with Gasteiger partial charge in [0.1, 0.15) is 5.75 Å². The van der Waals surface area contributed by atoms with Gasteiger partial charge in [-0.2, -0.15) is 0 Å². The molecule has 0 amide bonds. The molecule has 7 heteroatoms. The molecule has 4 N–H and O–H groups in total. The van der Waals surface area contributed by atoms with Crippen molar-refractivity contribution in [2.24, 2.45) is 11.7 Å². The van der Waals surface area contributed by atoms with Crippen molar-refractivity contribution in [3.8, 4) is 17.2 Å². The lowest BCUT2D eigenvalue weighted by Gasteiger charge is -2.40. The number of phenolic OH excluding ortho intramolecular Hbond substituents is 2. The van der Waals surface area contributed by atoms with Crippen LogP contribution in [0.5, 0.6) is 17.2 Å². The lowest BCUT2D eigenvalue weighted by Crippen LogP contribution is -2.42. The molecule has 2 heterocycles. The first-order valence-corrected chi connectivity index (χ1v) is 10.8. The maximum atomic E-state index is 10.4. The van der Waals surface area contributed by atoms with Crippen LogP contribution in [0, 0.1) is 5.92 Å². The normalized spacial score (nSPS) is 21.9. The van der Waals surface area contributed by atoms with E-state index in [4.69, 9.17) is 15.2 Å². The van der Waals surface area contributed by atoms with Crippen LogP contribution in [-0.2, 0) is 17.6 Å². The number of nitrogens with two attached hydrogens (primary N) is 1. The fraction of sp³-hybridized carbons (Fsp3) is 0.500. The molecule has 0 bridgehead atoms. The van der Waals surface area contributed by atoms with Gasteiger partial charge in [0.25, 0.3) is 0 Å². The zero-order chi connectivity index (χ0) is 21.1. The molecular weight excluding hydrogens is 416 g/mol. The maximum Gasteiger partial charge on any atom is 0.161 e. The Balaban J connectivity index is 0.00000272. The standard InChI is InChI=1S/C24H32N2O4.ClH/c1-29-18-4-2-16(3-5-18)8-11-26-12-9-17(10-13-26)22-14-20-19(23(15-25)30-22)6-7-21(27)24(20)28;/h2-7,17,22-23,27-28H,8-15,25H2,1H3;1H. The number of halogens is 1. The summed E-state index contributed by atoms with van der Waals surface area (Å²) in [4.78, 5) is 2.52. The number of piperidine rings is 1. The second-order valence-electron chi connectivity index (χ2n) is 8.38. The molecule has 4 rings (SSSR count). The number of hydrogen-bond acceptors (Lipinski definition) is 6. The Bertz CT molecular complexity index is 853. The van der Waals surface area contributed by atoms with Crippen molar-refractivity contribution >= 4 is 12.4 Å². The van der Waals surface area contributed by atoms with Gasteiger partial charge >= 0.3 is 0 Å². The van der Waals surface area contributed by atoms with E-state index < -0.39 is 0 Å². The number of ether oxygens (including phenoxy) is 2. The van der Waals surface area contributed by atoms with Gasteiger partial charge < -0.3 is 30.3 Å². The molecule has 1 saturated heterocycles. The molecule has 2 unspecified atom stereocenters. The average molecular weight is 449 g/mol. The molecular formula is C24H33ClN2O4. The Hall–Kier alpha value is -1.99. The summed E-state index contributed by atoms with van der Waals surface area (Å²) >= 11 is 0. The third kappa shape index (κ3) is 5.26. The minimum atomic E-state index is -0.224. The van der Waals surface area contributed by atoms with Crippen LogP contribution in [0.1, 0.15) is 35.6 Å². The maximum absolute atomic E-state index is 10.4. The van der Waals surface area contributed by atoms with E-state index in [2.05, 4.69) is 17.0 Å². The van der Waals surface area contributed by atoms with Crippen LogP contribution in [0.2, 0.25) is 0 Å².